The fraction of sp³-hybridized carbons (Fsp3) is 0.647. The molecular weight excluding hydrogens is 218 g/mol. The average Bonchev–Trinajstić information content (AvgIpc) is 2.38. The summed E-state index contributed by atoms with van der Waals surface area (Å²) in [4.78, 5) is 0. The summed E-state index contributed by atoms with van der Waals surface area (Å²) in [6.45, 7) is 8.95. The Morgan fingerprint density at radius 1 is 0.889 bits per heavy atom. The van der Waals surface area contributed by atoms with E-state index < -0.39 is 0 Å². The Kier molecular flexibility index (Phi) is 6.42. The van der Waals surface area contributed by atoms with E-state index in [9.17, 15) is 0 Å². The van der Waals surface area contributed by atoms with Crippen LogP contribution in [0.2, 0.25) is 0 Å². The Bertz CT molecular complexity index is 320. The van der Waals surface area contributed by atoms with E-state index in [1.165, 1.54) is 36.8 Å². The van der Waals surface area contributed by atoms with Gasteiger partial charge in [-0.1, -0.05) is 64.8 Å². The van der Waals surface area contributed by atoms with Crippen molar-refractivity contribution in [1.29, 1.82) is 0 Å². The van der Waals surface area contributed by atoms with E-state index >= 15 is 0 Å². The lowest BCUT2D eigenvalue weighted by molar-refractivity contribution is 0.368. The molecule has 0 heterocycles. The summed E-state index contributed by atoms with van der Waals surface area (Å²) in [5.74, 6) is 1.22. The molecule has 1 unspecified atom stereocenters. The molecule has 0 aromatic heterocycles. The molecule has 102 valence electrons. The zero-order valence-corrected chi connectivity index (χ0v) is 12.4. The standard InChI is InChI=1S/C17H29N/c1-5-7-15(8-6-2)17(18)16-11-9-14(10-12-16)13(3)4/h9-13,15,17H,5-8,18H2,1-4H3. The summed E-state index contributed by atoms with van der Waals surface area (Å²) < 4.78 is 0. The molecule has 0 spiro atoms. The van der Waals surface area contributed by atoms with Crippen molar-refractivity contribution in [2.75, 3.05) is 0 Å². The summed E-state index contributed by atoms with van der Waals surface area (Å²) in [6.07, 6.45) is 4.92. The maximum Gasteiger partial charge on any atom is 0.0323 e. The molecule has 1 atom stereocenters. The molecule has 0 saturated heterocycles. The number of rotatable bonds is 7. The molecule has 0 radical (unpaired) electrons. The molecule has 0 saturated carbocycles. The van der Waals surface area contributed by atoms with E-state index in [1.807, 2.05) is 0 Å². The maximum atomic E-state index is 6.44. The normalized spacial score (nSPS) is 13.3. The topological polar surface area (TPSA) is 26.0 Å². The van der Waals surface area contributed by atoms with Gasteiger partial charge < -0.3 is 5.73 Å². The highest BCUT2D eigenvalue weighted by molar-refractivity contribution is 5.27. The van der Waals surface area contributed by atoms with E-state index in [0.717, 1.165) is 0 Å². The van der Waals surface area contributed by atoms with Gasteiger partial charge in [0, 0.05) is 6.04 Å². The zero-order chi connectivity index (χ0) is 13.5. The van der Waals surface area contributed by atoms with Crippen LogP contribution in [0.15, 0.2) is 24.3 Å². The van der Waals surface area contributed by atoms with E-state index in [0.29, 0.717) is 11.8 Å². The van der Waals surface area contributed by atoms with Gasteiger partial charge in [-0.25, -0.2) is 0 Å². The van der Waals surface area contributed by atoms with Gasteiger partial charge in [0.25, 0.3) is 0 Å². The zero-order valence-electron chi connectivity index (χ0n) is 12.4. The molecule has 1 aromatic rings. The monoisotopic (exact) mass is 247 g/mol. The summed E-state index contributed by atoms with van der Waals surface area (Å²) >= 11 is 0. The molecule has 0 bridgehead atoms. The van der Waals surface area contributed by atoms with Crippen molar-refractivity contribution in [3.05, 3.63) is 35.4 Å². The first kappa shape index (κ1) is 15.2. The fourth-order valence-corrected chi connectivity index (χ4v) is 2.62. The Morgan fingerprint density at radius 2 is 1.33 bits per heavy atom. The summed E-state index contributed by atoms with van der Waals surface area (Å²) in [5, 5.41) is 0. The van der Waals surface area contributed by atoms with Crippen LogP contribution in [0.5, 0.6) is 0 Å². The Labute approximate surface area is 113 Å². The number of benzene rings is 1. The van der Waals surface area contributed by atoms with Gasteiger partial charge in [-0.05, 0) is 35.8 Å². The first-order valence-corrected chi connectivity index (χ1v) is 7.45. The van der Waals surface area contributed by atoms with Crippen LogP contribution in [0.1, 0.15) is 76.5 Å². The number of hydrogen-bond donors (Lipinski definition) is 1. The average molecular weight is 247 g/mol. The minimum Gasteiger partial charge on any atom is -0.324 e. The SMILES string of the molecule is CCCC(CCC)C(N)c1ccc(C(C)C)cc1. The van der Waals surface area contributed by atoms with Gasteiger partial charge in [0.05, 0.1) is 0 Å². The first-order valence-electron chi connectivity index (χ1n) is 7.45. The Balaban J connectivity index is 2.77. The van der Waals surface area contributed by atoms with E-state index in [4.69, 9.17) is 5.73 Å². The van der Waals surface area contributed by atoms with Crippen molar-refractivity contribution in [3.63, 3.8) is 0 Å². The van der Waals surface area contributed by atoms with Crippen LogP contribution in [0, 0.1) is 5.92 Å². The second-order valence-electron chi connectivity index (χ2n) is 5.68. The molecular formula is C17H29N. The van der Waals surface area contributed by atoms with Crippen LogP contribution in [0.4, 0.5) is 0 Å². The summed E-state index contributed by atoms with van der Waals surface area (Å²) in [7, 11) is 0. The Hall–Kier alpha value is -0.820. The fourth-order valence-electron chi connectivity index (χ4n) is 2.62. The molecule has 1 rings (SSSR count). The van der Waals surface area contributed by atoms with Crippen molar-refractivity contribution in [2.24, 2.45) is 11.7 Å². The van der Waals surface area contributed by atoms with Crippen LogP contribution in [0.3, 0.4) is 0 Å². The van der Waals surface area contributed by atoms with Gasteiger partial charge in [0.2, 0.25) is 0 Å². The highest BCUT2D eigenvalue weighted by atomic mass is 14.6. The molecule has 18 heavy (non-hydrogen) atoms. The van der Waals surface area contributed by atoms with Crippen molar-refractivity contribution >= 4 is 0 Å². The van der Waals surface area contributed by atoms with Gasteiger partial charge in [0.15, 0.2) is 0 Å². The van der Waals surface area contributed by atoms with Gasteiger partial charge in [-0.15, -0.1) is 0 Å². The number of hydrogen-bond acceptors (Lipinski definition) is 1. The molecule has 1 heteroatoms. The van der Waals surface area contributed by atoms with Crippen LogP contribution in [-0.4, -0.2) is 0 Å². The summed E-state index contributed by atoms with van der Waals surface area (Å²) in [5.41, 5.74) is 9.13. The van der Waals surface area contributed by atoms with E-state index in [-0.39, 0.29) is 6.04 Å². The molecule has 1 aromatic carbocycles. The molecule has 0 aliphatic carbocycles. The minimum atomic E-state index is 0.200. The van der Waals surface area contributed by atoms with Crippen LogP contribution < -0.4 is 5.73 Å². The smallest absolute Gasteiger partial charge is 0.0323 e. The van der Waals surface area contributed by atoms with E-state index in [2.05, 4.69) is 52.0 Å². The lowest BCUT2D eigenvalue weighted by Gasteiger charge is -2.24. The van der Waals surface area contributed by atoms with Gasteiger partial charge in [0.1, 0.15) is 0 Å². The third-order valence-corrected chi connectivity index (χ3v) is 3.81. The molecule has 1 nitrogen and oxygen atoms in total. The molecule has 0 aliphatic rings. The van der Waals surface area contributed by atoms with E-state index in [1.54, 1.807) is 0 Å². The van der Waals surface area contributed by atoms with Crippen LogP contribution >= 0.6 is 0 Å². The Morgan fingerprint density at radius 3 is 1.72 bits per heavy atom. The quantitative estimate of drug-likeness (QED) is 0.719. The third kappa shape index (κ3) is 4.13. The lowest BCUT2D eigenvalue weighted by atomic mass is 9.86. The lowest BCUT2D eigenvalue weighted by Crippen LogP contribution is -2.21. The number of nitrogens with two attached hydrogens (primary N) is 1. The second kappa shape index (κ2) is 7.58. The highest BCUT2D eigenvalue weighted by Gasteiger charge is 2.17. The third-order valence-electron chi connectivity index (χ3n) is 3.81. The first-order chi connectivity index (χ1) is 8.60. The largest absolute Gasteiger partial charge is 0.324 e. The minimum absolute atomic E-state index is 0.200. The molecule has 0 fully saturated rings. The molecule has 0 amide bonds. The van der Waals surface area contributed by atoms with Gasteiger partial charge in [-0.2, -0.15) is 0 Å². The van der Waals surface area contributed by atoms with Gasteiger partial charge >= 0.3 is 0 Å². The van der Waals surface area contributed by atoms with Crippen molar-refractivity contribution in [1.82, 2.24) is 0 Å². The predicted octanol–water partition coefficient (Wildman–Crippen LogP) is 5.03. The molecule has 2 N–H and O–H groups in total. The highest BCUT2D eigenvalue weighted by Crippen LogP contribution is 2.28. The van der Waals surface area contributed by atoms with Crippen molar-refractivity contribution in [3.8, 4) is 0 Å². The van der Waals surface area contributed by atoms with Crippen LogP contribution in [-0.2, 0) is 0 Å². The molecule has 0 aliphatic heterocycles. The van der Waals surface area contributed by atoms with Crippen LogP contribution in [0.25, 0.3) is 0 Å². The van der Waals surface area contributed by atoms with Crippen molar-refractivity contribution in [2.45, 2.75) is 65.3 Å². The van der Waals surface area contributed by atoms with Gasteiger partial charge in [-0.3, -0.25) is 0 Å². The predicted molar refractivity (Wildman–Crippen MR) is 80.8 cm³/mol. The second-order valence-corrected chi connectivity index (χ2v) is 5.68. The summed E-state index contributed by atoms with van der Waals surface area (Å²) in [6, 6.07) is 9.10. The van der Waals surface area contributed by atoms with Crippen molar-refractivity contribution < 1.29 is 0 Å². The maximum absolute atomic E-state index is 6.44.